The minimum atomic E-state index is -0.552. The SMILES string of the molecule is CCO[C@@H]1OC(C(=O)NC2CCCCC2)=C[C@H](c2ccc3c(c2)OCO3)[C@@H]1CCCO. The molecule has 31 heavy (non-hydrogen) atoms. The van der Waals surface area contributed by atoms with Crippen molar-refractivity contribution in [3.8, 4) is 11.5 Å². The van der Waals surface area contributed by atoms with E-state index in [0.29, 0.717) is 31.0 Å². The van der Waals surface area contributed by atoms with Crippen LogP contribution in [0.4, 0.5) is 0 Å². The number of hydrogen-bond acceptors (Lipinski definition) is 6. The van der Waals surface area contributed by atoms with Crippen molar-refractivity contribution >= 4 is 5.91 Å². The number of aliphatic hydroxyl groups is 1. The van der Waals surface area contributed by atoms with E-state index < -0.39 is 6.29 Å². The number of benzene rings is 1. The molecule has 0 saturated heterocycles. The van der Waals surface area contributed by atoms with Crippen molar-refractivity contribution in [1.29, 1.82) is 0 Å². The average molecular weight is 432 g/mol. The van der Waals surface area contributed by atoms with Gasteiger partial charge in [0.1, 0.15) is 0 Å². The van der Waals surface area contributed by atoms with Crippen molar-refractivity contribution in [2.24, 2.45) is 5.92 Å². The van der Waals surface area contributed by atoms with Crippen LogP contribution in [0.5, 0.6) is 11.5 Å². The number of aliphatic hydroxyl groups excluding tert-OH is 1. The molecule has 0 aromatic heterocycles. The van der Waals surface area contributed by atoms with Crippen LogP contribution in [-0.2, 0) is 14.3 Å². The summed E-state index contributed by atoms with van der Waals surface area (Å²) in [5.74, 6) is 1.44. The Labute approximate surface area is 183 Å². The van der Waals surface area contributed by atoms with Crippen LogP contribution in [0.3, 0.4) is 0 Å². The molecule has 7 heteroatoms. The summed E-state index contributed by atoms with van der Waals surface area (Å²) < 4.78 is 23.0. The highest BCUT2D eigenvalue weighted by atomic mass is 16.7. The van der Waals surface area contributed by atoms with Crippen LogP contribution in [0.2, 0.25) is 0 Å². The number of fused-ring (bicyclic) bond motifs is 1. The first-order valence-electron chi connectivity index (χ1n) is 11.5. The molecule has 2 heterocycles. The van der Waals surface area contributed by atoms with Crippen LogP contribution < -0.4 is 14.8 Å². The Kier molecular flexibility index (Phi) is 7.35. The van der Waals surface area contributed by atoms with Gasteiger partial charge in [-0.2, -0.15) is 0 Å². The van der Waals surface area contributed by atoms with E-state index in [9.17, 15) is 9.90 Å². The summed E-state index contributed by atoms with van der Waals surface area (Å²) in [6.45, 7) is 2.71. The molecule has 1 aliphatic carbocycles. The third kappa shape index (κ3) is 5.15. The number of hydrogen-bond donors (Lipinski definition) is 2. The van der Waals surface area contributed by atoms with E-state index in [1.54, 1.807) is 0 Å². The van der Waals surface area contributed by atoms with Crippen LogP contribution in [0, 0.1) is 5.92 Å². The first-order valence-corrected chi connectivity index (χ1v) is 11.5. The summed E-state index contributed by atoms with van der Waals surface area (Å²) in [4.78, 5) is 13.1. The molecule has 7 nitrogen and oxygen atoms in total. The Morgan fingerprint density at radius 2 is 2.00 bits per heavy atom. The van der Waals surface area contributed by atoms with Gasteiger partial charge in [-0.15, -0.1) is 0 Å². The highest BCUT2D eigenvalue weighted by Crippen LogP contribution is 2.42. The van der Waals surface area contributed by atoms with Gasteiger partial charge in [-0.25, -0.2) is 0 Å². The number of ether oxygens (including phenoxy) is 4. The van der Waals surface area contributed by atoms with E-state index in [1.807, 2.05) is 31.2 Å². The lowest BCUT2D eigenvalue weighted by molar-refractivity contribution is -0.166. The first kappa shape index (κ1) is 22.0. The molecule has 4 rings (SSSR count). The second-order valence-corrected chi connectivity index (χ2v) is 8.45. The van der Waals surface area contributed by atoms with E-state index >= 15 is 0 Å². The highest BCUT2D eigenvalue weighted by molar-refractivity contribution is 5.92. The molecule has 1 amide bonds. The fourth-order valence-electron chi connectivity index (χ4n) is 4.77. The van der Waals surface area contributed by atoms with Crippen LogP contribution in [0.1, 0.15) is 63.4 Å². The molecule has 2 N–H and O–H groups in total. The molecule has 3 atom stereocenters. The van der Waals surface area contributed by atoms with Crippen LogP contribution in [0.15, 0.2) is 30.0 Å². The van der Waals surface area contributed by atoms with E-state index in [1.165, 1.54) is 6.42 Å². The van der Waals surface area contributed by atoms with Gasteiger partial charge in [0.05, 0.1) is 0 Å². The Bertz CT molecular complexity index is 788. The summed E-state index contributed by atoms with van der Waals surface area (Å²) in [5.41, 5.74) is 1.02. The van der Waals surface area contributed by atoms with Crippen molar-refractivity contribution in [2.75, 3.05) is 20.0 Å². The molecule has 1 aromatic rings. The van der Waals surface area contributed by atoms with Gasteiger partial charge in [0.15, 0.2) is 17.3 Å². The molecule has 0 radical (unpaired) electrons. The quantitative estimate of drug-likeness (QED) is 0.654. The van der Waals surface area contributed by atoms with Gasteiger partial charge < -0.3 is 29.4 Å². The van der Waals surface area contributed by atoms with Gasteiger partial charge in [0.2, 0.25) is 13.1 Å². The zero-order chi connectivity index (χ0) is 21.6. The molecule has 2 aliphatic heterocycles. The monoisotopic (exact) mass is 431 g/mol. The third-order valence-corrected chi connectivity index (χ3v) is 6.36. The summed E-state index contributed by atoms with van der Waals surface area (Å²) >= 11 is 0. The highest BCUT2D eigenvalue weighted by Gasteiger charge is 2.38. The molecule has 0 unspecified atom stereocenters. The number of carbonyl (C=O) groups is 1. The summed E-state index contributed by atoms with van der Waals surface area (Å²) in [6, 6.07) is 6.08. The lowest BCUT2D eigenvalue weighted by atomic mass is 9.80. The van der Waals surface area contributed by atoms with Crippen LogP contribution in [-0.4, -0.2) is 43.4 Å². The van der Waals surface area contributed by atoms with Gasteiger partial charge in [-0.1, -0.05) is 25.3 Å². The van der Waals surface area contributed by atoms with Crippen LogP contribution in [0.25, 0.3) is 0 Å². The minimum Gasteiger partial charge on any atom is -0.459 e. The van der Waals surface area contributed by atoms with E-state index in [0.717, 1.165) is 37.0 Å². The number of rotatable bonds is 8. The fourth-order valence-corrected chi connectivity index (χ4v) is 4.77. The topological polar surface area (TPSA) is 86.3 Å². The van der Waals surface area contributed by atoms with Crippen molar-refractivity contribution in [3.05, 3.63) is 35.6 Å². The Hall–Kier alpha value is -2.25. The normalized spacial score (nSPS) is 25.6. The summed E-state index contributed by atoms with van der Waals surface area (Å²) in [5, 5.41) is 12.6. The molecule has 0 spiro atoms. The van der Waals surface area contributed by atoms with Crippen molar-refractivity contribution in [1.82, 2.24) is 5.32 Å². The summed E-state index contributed by atoms with van der Waals surface area (Å²) in [7, 11) is 0. The standard InChI is InChI=1S/C24H33NO6/c1-2-28-24-18(9-6-12-26)19(16-10-11-20-21(13-16)30-15-29-20)14-22(31-24)23(27)25-17-7-4-3-5-8-17/h10-11,13-14,17-19,24,26H,2-9,12,15H2,1H3,(H,25,27)/t18-,19+,24+/m0/s1. The second-order valence-electron chi connectivity index (χ2n) is 8.45. The van der Waals surface area contributed by atoms with E-state index in [-0.39, 0.29) is 37.2 Å². The van der Waals surface area contributed by atoms with Crippen molar-refractivity contribution < 1.29 is 28.8 Å². The van der Waals surface area contributed by atoms with E-state index in [2.05, 4.69) is 5.32 Å². The first-order chi connectivity index (χ1) is 15.2. The maximum atomic E-state index is 13.1. The van der Waals surface area contributed by atoms with Crippen LogP contribution >= 0.6 is 0 Å². The summed E-state index contributed by atoms with van der Waals surface area (Å²) in [6.07, 6.45) is 8.26. The number of nitrogens with one attached hydrogen (secondary N) is 1. The van der Waals surface area contributed by atoms with Gasteiger partial charge >= 0.3 is 0 Å². The molecular formula is C24H33NO6. The lowest BCUT2D eigenvalue weighted by Gasteiger charge is -2.37. The molecular weight excluding hydrogens is 398 g/mol. The molecule has 1 saturated carbocycles. The molecule has 0 bridgehead atoms. The smallest absolute Gasteiger partial charge is 0.286 e. The number of allylic oxidation sites excluding steroid dienone is 1. The number of carbonyl (C=O) groups excluding carboxylic acids is 1. The second kappa shape index (κ2) is 10.4. The Morgan fingerprint density at radius 1 is 1.19 bits per heavy atom. The molecule has 170 valence electrons. The maximum Gasteiger partial charge on any atom is 0.286 e. The Morgan fingerprint density at radius 3 is 2.77 bits per heavy atom. The molecule has 3 aliphatic rings. The fraction of sp³-hybridized carbons (Fsp3) is 0.625. The van der Waals surface area contributed by atoms with Gasteiger partial charge in [-0.05, 0) is 56.4 Å². The van der Waals surface area contributed by atoms with Gasteiger partial charge in [0, 0.05) is 31.1 Å². The van der Waals surface area contributed by atoms with Gasteiger partial charge in [0.25, 0.3) is 5.91 Å². The largest absolute Gasteiger partial charge is 0.459 e. The lowest BCUT2D eigenvalue weighted by Crippen LogP contribution is -2.42. The Balaban J connectivity index is 1.62. The molecule has 1 aromatic carbocycles. The molecule has 1 fully saturated rings. The third-order valence-electron chi connectivity index (χ3n) is 6.36. The van der Waals surface area contributed by atoms with Crippen molar-refractivity contribution in [2.45, 2.75) is 70.1 Å². The zero-order valence-corrected chi connectivity index (χ0v) is 18.2. The zero-order valence-electron chi connectivity index (χ0n) is 18.2. The van der Waals surface area contributed by atoms with Gasteiger partial charge in [-0.3, -0.25) is 4.79 Å². The predicted molar refractivity (Wildman–Crippen MR) is 115 cm³/mol. The van der Waals surface area contributed by atoms with Crippen molar-refractivity contribution in [3.63, 3.8) is 0 Å². The maximum absolute atomic E-state index is 13.1. The minimum absolute atomic E-state index is 0.0290. The predicted octanol–water partition coefficient (Wildman–Crippen LogP) is 3.61. The number of amides is 1. The average Bonchev–Trinajstić information content (AvgIpc) is 3.26. The van der Waals surface area contributed by atoms with E-state index in [4.69, 9.17) is 18.9 Å².